The number of fused-ring (bicyclic) bond motifs is 2. The van der Waals surface area contributed by atoms with Crippen molar-refractivity contribution in [1.29, 1.82) is 0 Å². The number of piperidine rings is 1. The molecule has 5 aliphatic carbocycles. The standard InChI is InChI=1S/C35H49NO10/c1-31(2,3)32(4,42)20-15-33-10-11-35(20,43-5)30-34(33)12-13-36(16-17-6-7-17)21(33)14-18-8-9-19(26(46-30)22(18)34)44-29-25(39)23(37)24(38)27(45-29)28(40)41/h8-9,17,20-21,23-25,27,29-30,37-39,42H,6-7,10-16H2,1-5H3,(H,40,41)/t20-,21-,23+,24+,25-,27+,29?,30-,32+,33-,34+,35+/m1/s1. The van der Waals surface area contributed by atoms with E-state index in [4.69, 9.17) is 18.9 Å². The molecular formula is C35H49NO10. The second kappa shape index (κ2) is 9.80. The summed E-state index contributed by atoms with van der Waals surface area (Å²) < 4.78 is 25.5. The van der Waals surface area contributed by atoms with Crippen LogP contribution in [-0.2, 0) is 26.1 Å². The van der Waals surface area contributed by atoms with Crippen LogP contribution in [0.1, 0.15) is 77.3 Å². The minimum absolute atomic E-state index is 0.169. The molecule has 11 heteroatoms. The van der Waals surface area contributed by atoms with Gasteiger partial charge in [-0.2, -0.15) is 0 Å². The van der Waals surface area contributed by atoms with Gasteiger partial charge in [0.1, 0.15) is 30.0 Å². The average Bonchev–Trinajstić information content (AvgIpc) is 3.75. The summed E-state index contributed by atoms with van der Waals surface area (Å²) in [7, 11) is 1.75. The smallest absolute Gasteiger partial charge is 0.335 e. The first-order valence-electron chi connectivity index (χ1n) is 17.1. The maximum absolute atomic E-state index is 12.4. The molecule has 4 saturated carbocycles. The summed E-state index contributed by atoms with van der Waals surface area (Å²) >= 11 is 0. The van der Waals surface area contributed by atoms with Crippen molar-refractivity contribution in [3.05, 3.63) is 23.3 Å². The zero-order chi connectivity index (χ0) is 32.8. The number of benzene rings is 1. The molecule has 6 fully saturated rings. The topological polar surface area (TPSA) is 158 Å². The predicted molar refractivity (Wildman–Crippen MR) is 163 cm³/mol. The molecule has 2 saturated heterocycles. The number of rotatable bonds is 7. The molecule has 0 aromatic heterocycles. The molecule has 46 heavy (non-hydrogen) atoms. The second-order valence-electron chi connectivity index (χ2n) is 16.6. The molecule has 9 rings (SSSR count). The third-order valence-corrected chi connectivity index (χ3v) is 13.9. The van der Waals surface area contributed by atoms with Crippen LogP contribution in [0.2, 0.25) is 0 Å². The summed E-state index contributed by atoms with van der Waals surface area (Å²) in [6.45, 7) is 10.3. The van der Waals surface area contributed by atoms with Crippen LogP contribution in [0.25, 0.3) is 0 Å². The predicted octanol–water partition coefficient (Wildman–Crippen LogP) is 1.98. The number of nitrogens with zero attached hydrogens (tertiary/aromatic N) is 1. The molecule has 3 aliphatic heterocycles. The Morgan fingerprint density at radius 1 is 1.07 bits per heavy atom. The number of methoxy groups -OCH3 is 1. The summed E-state index contributed by atoms with van der Waals surface area (Å²) in [6, 6.07) is 4.14. The van der Waals surface area contributed by atoms with Crippen molar-refractivity contribution in [1.82, 2.24) is 4.90 Å². The fourth-order valence-corrected chi connectivity index (χ4v) is 10.9. The monoisotopic (exact) mass is 643 g/mol. The maximum atomic E-state index is 12.4. The van der Waals surface area contributed by atoms with Crippen molar-refractivity contribution < 1.29 is 49.3 Å². The maximum Gasteiger partial charge on any atom is 0.335 e. The molecule has 0 radical (unpaired) electrons. The first-order valence-corrected chi connectivity index (χ1v) is 17.1. The molecule has 8 aliphatic rings. The van der Waals surface area contributed by atoms with Gasteiger partial charge in [-0.15, -0.1) is 0 Å². The quantitative estimate of drug-likeness (QED) is 0.296. The van der Waals surface area contributed by atoms with Gasteiger partial charge in [-0.25, -0.2) is 4.79 Å². The Hall–Kier alpha value is -1.99. The summed E-state index contributed by atoms with van der Waals surface area (Å²) in [5, 5.41) is 53.6. The number of aliphatic hydroxyl groups excluding tert-OH is 3. The molecule has 1 unspecified atom stereocenters. The first kappa shape index (κ1) is 31.3. The van der Waals surface area contributed by atoms with Crippen molar-refractivity contribution in [3.63, 3.8) is 0 Å². The van der Waals surface area contributed by atoms with E-state index in [-0.39, 0.29) is 22.5 Å². The van der Waals surface area contributed by atoms with Gasteiger partial charge in [0.05, 0.1) is 5.60 Å². The molecule has 11 nitrogen and oxygen atoms in total. The Balaban J connectivity index is 1.27. The molecule has 4 bridgehead atoms. The van der Waals surface area contributed by atoms with Gasteiger partial charge in [-0.3, -0.25) is 4.90 Å². The number of ether oxygens (including phenoxy) is 4. The van der Waals surface area contributed by atoms with Crippen LogP contribution < -0.4 is 9.47 Å². The van der Waals surface area contributed by atoms with Crippen molar-refractivity contribution >= 4 is 5.97 Å². The molecule has 3 heterocycles. The fourth-order valence-electron chi connectivity index (χ4n) is 10.9. The molecule has 12 atom stereocenters. The third kappa shape index (κ3) is 3.76. The van der Waals surface area contributed by atoms with E-state index < -0.39 is 59.4 Å². The van der Waals surface area contributed by atoms with Crippen molar-refractivity contribution in [3.8, 4) is 11.5 Å². The zero-order valence-corrected chi connectivity index (χ0v) is 27.4. The van der Waals surface area contributed by atoms with Gasteiger partial charge < -0.3 is 44.5 Å². The van der Waals surface area contributed by atoms with E-state index >= 15 is 0 Å². The molecule has 1 aromatic rings. The van der Waals surface area contributed by atoms with E-state index in [1.807, 2.05) is 6.92 Å². The molecule has 0 amide bonds. The Morgan fingerprint density at radius 2 is 1.80 bits per heavy atom. The first-order chi connectivity index (χ1) is 21.6. The lowest BCUT2D eigenvalue weighted by atomic mass is 9.33. The Morgan fingerprint density at radius 3 is 2.46 bits per heavy atom. The van der Waals surface area contributed by atoms with E-state index in [0.717, 1.165) is 56.7 Å². The van der Waals surface area contributed by atoms with Crippen LogP contribution in [0.3, 0.4) is 0 Å². The highest BCUT2D eigenvalue weighted by Crippen LogP contribution is 2.78. The average molecular weight is 644 g/mol. The van der Waals surface area contributed by atoms with Crippen LogP contribution >= 0.6 is 0 Å². The van der Waals surface area contributed by atoms with Gasteiger partial charge >= 0.3 is 5.97 Å². The normalized spacial score (nSPS) is 45.5. The lowest BCUT2D eigenvalue weighted by Crippen LogP contribution is -2.83. The van der Waals surface area contributed by atoms with Gasteiger partial charge in [-0.1, -0.05) is 26.8 Å². The summed E-state index contributed by atoms with van der Waals surface area (Å²) in [4.78, 5) is 14.5. The van der Waals surface area contributed by atoms with Gasteiger partial charge in [0.25, 0.3) is 0 Å². The van der Waals surface area contributed by atoms with Crippen LogP contribution in [-0.4, -0.2) is 111 Å². The number of aliphatic carboxylic acids is 1. The molecule has 5 N–H and O–H groups in total. The minimum atomic E-state index is -1.81. The SMILES string of the molecule is CO[C@@]12CC[C@@]3(C[C@@H]1[C@](C)(O)C(C)(C)C)[C@H]1Cc4ccc(OC5O[C@H](C(=O)O)[C@@H](O)[C@H](O)[C@H]5O)c5c4[C@@]3(CCN1CC1CC1)[C@H]2O5. The molecular weight excluding hydrogens is 594 g/mol. The Bertz CT molecular complexity index is 1440. The van der Waals surface area contributed by atoms with E-state index in [0.29, 0.717) is 11.8 Å². The Labute approximate surface area is 269 Å². The van der Waals surface area contributed by atoms with Gasteiger partial charge in [0, 0.05) is 42.0 Å². The number of likely N-dealkylation sites (tertiary alicyclic amines) is 1. The highest BCUT2D eigenvalue weighted by atomic mass is 16.7. The van der Waals surface area contributed by atoms with E-state index in [1.54, 1.807) is 13.2 Å². The van der Waals surface area contributed by atoms with Crippen LogP contribution in [0.5, 0.6) is 11.5 Å². The van der Waals surface area contributed by atoms with E-state index in [2.05, 4.69) is 31.7 Å². The summed E-state index contributed by atoms with van der Waals surface area (Å²) in [5.41, 5.74) is -0.512. The largest absolute Gasteiger partial charge is 0.482 e. The van der Waals surface area contributed by atoms with Crippen molar-refractivity contribution in [2.75, 3.05) is 20.2 Å². The molecule has 2 spiro atoms. The lowest BCUT2D eigenvalue weighted by molar-refractivity contribution is -0.312. The lowest BCUT2D eigenvalue weighted by Gasteiger charge is -2.75. The molecule has 254 valence electrons. The van der Waals surface area contributed by atoms with Crippen LogP contribution in [0.4, 0.5) is 0 Å². The Kier molecular flexibility index (Phi) is 6.67. The highest BCUT2D eigenvalue weighted by molar-refractivity contribution is 5.73. The van der Waals surface area contributed by atoms with Crippen molar-refractivity contribution in [2.24, 2.45) is 22.7 Å². The molecule has 1 aromatic carbocycles. The highest BCUT2D eigenvalue weighted by Gasteiger charge is 2.82. The summed E-state index contributed by atoms with van der Waals surface area (Å²) in [5.74, 6) is -0.0821. The number of carboxylic acid groups (broad SMARTS) is 1. The van der Waals surface area contributed by atoms with Gasteiger partial charge in [0.15, 0.2) is 17.6 Å². The van der Waals surface area contributed by atoms with E-state index in [1.165, 1.54) is 18.4 Å². The second-order valence-corrected chi connectivity index (χ2v) is 16.6. The number of hydrogen-bond donors (Lipinski definition) is 5. The van der Waals surface area contributed by atoms with Crippen molar-refractivity contribution in [2.45, 2.75) is 132 Å². The van der Waals surface area contributed by atoms with Crippen LogP contribution in [0.15, 0.2) is 12.1 Å². The third-order valence-electron chi connectivity index (χ3n) is 13.9. The van der Waals surface area contributed by atoms with Gasteiger partial charge in [0.2, 0.25) is 6.29 Å². The fraction of sp³-hybridized carbons (Fsp3) is 0.800. The zero-order valence-electron chi connectivity index (χ0n) is 27.4. The minimum Gasteiger partial charge on any atom is -0.482 e. The van der Waals surface area contributed by atoms with Crippen LogP contribution in [0, 0.1) is 22.7 Å². The summed E-state index contributed by atoms with van der Waals surface area (Å²) in [6.07, 6.45) is -2.16. The number of carbonyl (C=O) groups is 1. The van der Waals surface area contributed by atoms with E-state index in [9.17, 15) is 30.3 Å². The number of carboxylic acids is 1. The number of hydrogen-bond acceptors (Lipinski definition) is 10. The van der Waals surface area contributed by atoms with Gasteiger partial charge in [-0.05, 0) is 81.4 Å². The number of aliphatic hydroxyl groups is 4.